The molecule has 0 spiro atoms. The van der Waals surface area contributed by atoms with Gasteiger partial charge in [0.15, 0.2) is 0 Å². The van der Waals surface area contributed by atoms with E-state index in [0.717, 1.165) is 10.7 Å². The summed E-state index contributed by atoms with van der Waals surface area (Å²) < 4.78 is 26.5. The number of hydrogen-bond acceptors (Lipinski definition) is 3. The molecule has 1 aliphatic carbocycles. The molecule has 0 aromatic carbocycles. The summed E-state index contributed by atoms with van der Waals surface area (Å²) in [6.45, 7) is 4.59. The van der Waals surface area contributed by atoms with Gasteiger partial charge in [0.05, 0.1) is 10.7 Å². The summed E-state index contributed by atoms with van der Waals surface area (Å²) in [5.41, 5.74) is 6.46. The van der Waals surface area contributed by atoms with Gasteiger partial charge in [0.25, 0.3) is 0 Å². The van der Waals surface area contributed by atoms with Crippen LogP contribution in [0.2, 0.25) is 0 Å². The second-order valence-electron chi connectivity index (χ2n) is 5.57. The van der Waals surface area contributed by atoms with E-state index in [4.69, 9.17) is 5.73 Å². The fourth-order valence-corrected chi connectivity index (χ4v) is 3.41. The lowest BCUT2D eigenvalue weighted by atomic mass is 9.71. The first-order chi connectivity index (χ1) is 8.38. The first-order valence-corrected chi connectivity index (χ1v) is 7.30. The van der Waals surface area contributed by atoms with E-state index in [1.807, 2.05) is 5.38 Å². The predicted molar refractivity (Wildman–Crippen MR) is 70.4 cm³/mol. The highest BCUT2D eigenvalue weighted by Crippen LogP contribution is 2.45. The summed E-state index contributed by atoms with van der Waals surface area (Å²) in [5.74, 6) is -2.14. The Kier molecular flexibility index (Phi) is 3.74. The van der Waals surface area contributed by atoms with Crippen molar-refractivity contribution in [3.8, 4) is 0 Å². The molecule has 0 amide bonds. The van der Waals surface area contributed by atoms with Gasteiger partial charge in [-0.2, -0.15) is 0 Å². The molecule has 1 heterocycles. The zero-order valence-electron chi connectivity index (χ0n) is 10.9. The summed E-state index contributed by atoms with van der Waals surface area (Å²) in [4.78, 5) is 4.62. The molecule has 18 heavy (non-hydrogen) atoms. The molecular weight excluding hydrogens is 254 g/mol. The van der Waals surface area contributed by atoms with Gasteiger partial charge in [0.1, 0.15) is 0 Å². The van der Waals surface area contributed by atoms with Crippen molar-refractivity contribution in [2.45, 2.75) is 56.8 Å². The average molecular weight is 274 g/mol. The van der Waals surface area contributed by atoms with Crippen LogP contribution in [0, 0.1) is 0 Å². The maximum absolute atomic E-state index is 13.3. The van der Waals surface area contributed by atoms with Gasteiger partial charge >= 0.3 is 0 Å². The molecule has 0 radical (unpaired) electrons. The van der Waals surface area contributed by atoms with Crippen molar-refractivity contribution in [3.05, 3.63) is 16.1 Å². The van der Waals surface area contributed by atoms with Crippen molar-refractivity contribution in [1.82, 2.24) is 4.98 Å². The van der Waals surface area contributed by atoms with Gasteiger partial charge in [-0.3, -0.25) is 0 Å². The Labute approximate surface area is 111 Å². The van der Waals surface area contributed by atoms with Gasteiger partial charge in [-0.25, -0.2) is 13.8 Å². The van der Waals surface area contributed by atoms with Crippen LogP contribution >= 0.6 is 11.3 Å². The highest BCUT2D eigenvalue weighted by atomic mass is 32.1. The first kappa shape index (κ1) is 13.9. The van der Waals surface area contributed by atoms with Crippen LogP contribution in [-0.4, -0.2) is 17.5 Å². The number of rotatable bonds is 3. The number of halogens is 2. The van der Waals surface area contributed by atoms with Crippen LogP contribution < -0.4 is 5.73 Å². The summed E-state index contributed by atoms with van der Waals surface area (Å²) in [5, 5.41) is 3.07. The molecule has 0 atom stereocenters. The summed E-state index contributed by atoms with van der Waals surface area (Å²) in [6.07, 6.45) is 0.743. The van der Waals surface area contributed by atoms with Crippen LogP contribution in [0.1, 0.15) is 56.2 Å². The molecule has 5 heteroatoms. The normalized spacial score (nSPS) is 22.3. The molecule has 2 N–H and O–H groups in total. The average Bonchev–Trinajstić information content (AvgIpc) is 2.80. The zero-order valence-corrected chi connectivity index (χ0v) is 11.7. The zero-order chi connectivity index (χ0) is 13.4. The quantitative estimate of drug-likeness (QED) is 0.913. The number of thiazole rings is 1. The highest BCUT2D eigenvalue weighted by Gasteiger charge is 2.44. The standard InChI is InChI=1S/C13H20F2N2S/c1-9(2)11-17-10(7-18-11)12(8-16)3-5-13(14,15)6-4-12/h7,9H,3-6,8,16H2,1-2H3. The molecule has 0 saturated heterocycles. The van der Waals surface area contributed by atoms with Crippen LogP contribution in [0.5, 0.6) is 0 Å². The lowest BCUT2D eigenvalue weighted by Gasteiger charge is -2.38. The van der Waals surface area contributed by atoms with Gasteiger partial charge in [-0.05, 0) is 12.8 Å². The Hall–Kier alpha value is -0.550. The van der Waals surface area contributed by atoms with E-state index in [9.17, 15) is 8.78 Å². The second-order valence-corrected chi connectivity index (χ2v) is 6.46. The van der Waals surface area contributed by atoms with Gasteiger partial charge < -0.3 is 5.73 Å². The minimum Gasteiger partial charge on any atom is -0.330 e. The maximum atomic E-state index is 13.3. The van der Waals surface area contributed by atoms with Gasteiger partial charge in [0, 0.05) is 36.1 Å². The van der Waals surface area contributed by atoms with E-state index in [0.29, 0.717) is 25.3 Å². The molecule has 1 aromatic heterocycles. The van der Waals surface area contributed by atoms with Crippen LogP contribution in [0.4, 0.5) is 8.78 Å². The first-order valence-electron chi connectivity index (χ1n) is 6.42. The molecule has 102 valence electrons. The van der Waals surface area contributed by atoms with E-state index in [-0.39, 0.29) is 18.3 Å². The molecule has 0 unspecified atom stereocenters. The maximum Gasteiger partial charge on any atom is 0.248 e. The third-order valence-corrected chi connectivity index (χ3v) is 5.03. The third-order valence-electron chi connectivity index (χ3n) is 3.89. The number of hydrogen-bond donors (Lipinski definition) is 1. The second kappa shape index (κ2) is 4.85. The molecule has 2 nitrogen and oxygen atoms in total. The van der Waals surface area contributed by atoms with Crippen LogP contribution in [-0.2, 0) is 5.41 Å². The molecule has 1 aromatic rings. The summed E-state index contributed by atoms with van der Waals surface area (Å²) in [6, 6.07) is 0. The summed E-state index contributed by atoms with van der Waals surface area (Å²) in [7, 11) is 0. The van der Waals surface area contributed by atoms with Crippen LogP contribution in [0.15, 0.2) is 5.38 Å². The Morgan fingerprint density at radius 3 is 2.39 bits per heavy atom. The van der Waals surface area contributed by atoms with Gasteiger partial charge in [-0.15, -0.1) is 11.3 Å². The Morgan fingerprint density at radius 2 is 1.94 bits per heavy atom. The number of nitrogens with two attached hydrogens (primary N) is 1. The van der Waals surface area contributed by atoms with E-state index in [2.05, 4.69) is 18.8 Å². The number of aromatic nitrogens is 1. The van der Waals surface area contributed by atoms with E-state index < -0.39 is 5.92 Å². The van der Waals surface area contributed by atoms with E-state index in [1.54, 1.807) is 11.3 Å². The van der Waals surface area contributed by atoms with Crippen molar-refractivity contribution >= 4 is 11.3 Å². The fraction of sp³-hybridized carbons (Fsp3) is 0.769. The summed E-state index contributed by atoms with van der Waals surface area (Å²) >= 11 is 1.61. The molecule has 1 aliphatic rings. The Morgan fingerprint density at radius 1 is 1.33 bits per heavy atom. The Balaban J connectivity index is 2.22. The van der Waals surface area contributed by atoms with Crippen molar-refractivity contribution in [1.29, 1.82) is 0 Å². The third kappa shape index (κ3) is 2.57. The van der Waals surface area contributed by atoms with Gasteiger partial charge in [0.2, 0.25) is 5.92 Å². The molecule has 1 saturated carbocycles. The van der Waals surface area contributed by atoms with Gasteiger partial charge in [-0.1, -0.05) is 13.8 Å². The van der Waals surface area contributed by atoms with Crippen LogP contribution in [0.25, 0.3) is 0 Å². The lowest BCUT2D eigenvalue weighted by molar-refractivity contribution is -0.0513. The lowest BCUT2D eigenvalue weighted by Crippen LogP contribution is -2.42. The molecule has 0 aliphatic heterocycles. The van der Waals surface area contributed by atoms with Crippen LogP contribution in [0.3, 0.4) is 0 Å². The van der Waals surface area contributed by atoms with E-state index >= 15 is 0 Å². The minimum atomic E-state index is -2.52. The van der Waals surface area contributed by atoms with Crippen molar-refractivity contribution in [2.24, 2.45) is 5.73 Å². The topological polar surface area (TPSA) is 38.9 Å². The van der Waals surface area contributed by atoms with Crippen molar-refractivity contribution in [2.75, 3.05) is 6.54 Å². The molecular formula is C13H20F2N2S. The SMILES string of the molecule is CC(C)c1nc(C2(CN)CCC(F)(F)CC2)cs1. The number of alkyl halides is 2. The Bertz CT molecular complexity index is 405. The number of nitrogens with zero attached hydrogens (tertiary/aromatic N) is 1. The molecule has 0 bridgehead atoms. The largest absolute Gasteiger partial charge is 0.330 e. The van der Waals surface area contributed by atoms with E-state index in [1.165, 1.54) is 0 Å². The molecule has 1 fully saturated rings. The smallest absolute Gasteiger partial charge is 0.248 e. The predicted octanol–water partition coefficient (Wildman–Crippen LogP) is 3.67. The monoisotopic (exact) mass is 274 g/mol. The van der Waals surface area contributed by atoms with Crippen molar-refractivity contribution < 1.29 is 8.78 Å². The molecule has 2 rings (SSSR count). The highest BCUT2D eigenvalue weighted by molar-refractivity contribution is 7.09. The fourth-order valence-electron chi connectivity index (χ4n) is 2.46. The van der Waals surface area contributed by atoms with Crippen molar-refractivity contribution in [3.63, 3.8) is 0 Å². The minimum absolute atomic E-state index is 0.0707.